The number of carbonyl (C=O) groups is 1. The summed E-state index contributed by atoms with van der Waals surface area (Å²) in [6.45, 7) is 3.80. The zero-order valence-electron chi connectivity index (χ0n) is 18.7. The van der Waals surface area contributed by atoms with Crippen LogP contribution in [-0.4, -0.2) is 25.6 Å². The molecule has 0 aliphatic heterocycles. The fourth-order valence-electron chi connectivity index (χ4n) is 3.39. The van der Waals surface area contributed by atoms with E-state index in [4.69, 9.17) is 0 Å². The molecular formula is C25H23N5O3S. The second-order valence-electron chi connectivity index (χ2n) is 7.79. The fourth-order valence-corrected chi connectivity index (χ4v) is 4.31. The van der Waals surface area contributed by atoms with Crippen molar-refractivity contribution in [2.45, 2.75) is 30.8 Å². The van der Waals surface area contributed by atoms with Gasteiger partial charge in [-0.15, -0.1) is 10.2 Å². The largest absolute Gasteiger partial charge is 0.342 e. The molecule has 0 fully saturated rings. The van der Waals surface area contributed by atoms with Gasteiger partial charge in [-0.3, -0.25) is 19.5 Å². The van der Waals surface area contributed by atoms with E-state index in [0.29, 0.717) is 28.0 Å². The van der Waals surface area contributed by atoms with E-state index in [9.17, 15) is 14.9 Å². The number of aromatic nitrogens is 3. The summed E-state index contributed by atoms with van der Waals surface area (Å²) in [6, 6.07) is 23.1. The van der Waals surface area contributed by atoms with Gasteiger partial charge in [0.2, 0.25) is 0 Å². The molecule has 0 saturated heterocycles. The van der Waals surface area contributed by atoms with Crippen molar-refractivity contribution < 1.29 is 9.72 Å². The summed E-state index contributed by atoms with van der Waals surface area (Å²) in [5, 5.41) is 23.4. The number of thioether (sulfide) groups is 1. The van der Waals surface area contributed by atoms with Gasteiger partial charge in [0.05, 0.1) is 11.0 Å². The van der Waals surface area contributed by atoms with Crippen LogP contribution in [0, 0.1) is 17.0 Å². The van der Waals surface area contributed by atoms with Gasteiger partial charge < -0.3 is 5.32 Å². The molecule has 1 unspecified atom stereocenters. The zero-order valence-corrected chi connectivity index (χ0v) is 19.5. The highest BCUT2D eigenvalue weighted by Crippen LogP contribution is 2.28. The number of rotatable bonds is 8. The SMILES string of the molecule is Cc1ccc(C(=O)NC(C)c2nnc(SCc3ccccc3)n2-c2ccc([N+](=O)[O-])cc2)cc1. The van der Waals surface area contributed by atoms with Gasteiger partial charge in [0, 0.05) is 29.1 Å². The number of nitro benzene ring substituents is 1. The third kappa shape index (κ3) is 5.32. The van der Waals surface area contributed by atoms with Crippen LogP contribution in [-0.2, 0) is 5.75 Å². The number of amides is 1. The topological polar surface area (TPSA) is 103 Å². The Kier molecular flexibility index (Phi) is 7.03. The smallest absolute Gasteiger partial charge is 0.269 e. The van der Waals surface area contributed by atoms with E-state index in [2.05, 4.69) is 15.5 Å². The average molecular weight is 474 g/mol. The van der Waals surface area contributed by atoms with Crippen LogP contribution in [0.15, 0.2) is 84.0 Å². The molecule has 1 N–H and O–H groups in total. The molecule has 34 heavy (non-hydrogen) atoms. The van der Waals surface area contributed by atoms with Crippen LogP contribution in [0.3, 0.4) is 0 Å². The van der Waals surface area contributed by atoms with E-state index in [1.54, 1.807) is 24.3 Å². The zero-order chi connectivity index (χ0) is 24.1. The van der Waals surface area contributed by atoms with Gasteiger partial charge in [-0.1, -0.05) is 59.8 Å². The molecule has 1 aromatic heterocycles. The first kappa shape index (κ1) is 23.2. The van der Waals surface area contributed by atoms with Gasteiger partial charge in [-0.05, 0) is 43.7 Å². The van der Waals surface area contributed by atoms with Crippen LogP contribution in [0.2, 0.25) is 0 Å². The van der Waals surface area contributed by atoms with E-state index < -0.39 is 11.0 Å². The Morgan fingerprint density at radius 3 is 2.35 bits per heavy atom. The molecular weight excluding hydrogens is 450 g/mol. The van der Waals surface area contributed by atoms with Crippen LogP contribution >= 0.6 is 11.8 Å². The van der Waals surface area contributed by atoms with Crippen molar-refractivity contribution in [3.05, 3.63) is 111 Å². The summed E-state index contributed by atoms with van der Waals surface area (Å²) in [7, 11) is 0. The number of hydrogen-bond donors (Lipinski definition) is 1. The molecule has 9 heteroatoms. The molecule has 0 bridgehead atoms. The van der Waals surface area contributed by atoms with Crippen LogP contribution < -0.4 is 5.32 Å². The lowest BCUT2D eigenvalue weighted by molar-refractivity contribution is -0.384. The number of nitrogens with zero attached hydrogens (tertiary/aromatic N) is 4. The van der Waals surface area contributed by atoms with Crippen molar-refractivity contribution in [3.8, 4) is 5.69 Å². The molecule has 172 valence electrons. The standard InChI is InChI=1S/C25H23N5O3S/c1-17-8-10-20(11-9-17)24(31)26-18(2)23-27-28-25(34-16-19-6-4-3-5-7-19)29(23)21-12-14-22(15-13-21)30(32)33/h3-15,18H,16H2,1-2H3,(H,26,31). The number of carbonyl (C=O) groups excluding carboxylic acids is 1. The minimum atomic E-state index is -0.456. The van der Waals surface area contributed by atoms with Gasteiger partial charge in [-0.25, -0.2) is 0 Å². The third-order valence-electron chi connectivity index (χ3n) is 5.24. The number of non-ortho nitro benzene ring substituents is 1. The molecule has 0 spiro atoms. The van der Waals surface area contributed by atoms with Crippen molar-refractivity contribution in [1.82, 2.24) is 20.1 Å². The normalized spacial score (nSPS) is 11.7. The van der Waals surface area contributed by atoms with Crippen LogP contribution in [0.25, 0.3) is 5.69 Å². The van der Waals surface area contributed by atoms with Crippen LogP contribution in [0.4, 0.5) is 5.69 Å². The summed E-state index contributed by atoms with van der Waals surface area (Å²) in [4.78, 5) is 23.4. The molecule has 1 heterocycles. The number of hydrogen-bond acceptors (Lipinski definition) is 6. The first-order valence-corrected chi connectivity index (χ1v) is 11.7. The maximum absolute atomic E-state index is 12.8. The lowest BCUT2D eigenvalue weighted by atomic mass is 10.1. The predicted octanol–water partition coefficient (Wildman–Crippen LogP) is 5.27. The van der Waals surface area contributed by atoms with Crippen molar-refractivity contribution in [1.29, 1.82) is 0 Å². The molecule has 8 nitrogen and oxygen atoms in total. The fraction of sp³-hybridized carbons (Fsp3) is 0.160. The van der Waals surface area contributed by atoms with Crippen molar-refractivity contribution in [2.24, 2.45) is 0 Å². The molecule has 1 atom stereocenters. The molecule has 0 aliphatic carbocycles. The number of nitrogens with one attached hydrogen (secondary N) is 1. The summed E-state index contributed by atoms with van der Waals surface area (Å²) < 4.78 is 1.83. The molecule has 4 aromatic rings. The molecule has 1 amide bonds. The second kappa shape index (κ2) is 10.3. The maximum atomic E-state index is 12.8. The second-order valence-corrected chi connectivity index (χ2v) is 8.73. The van der Waals surface area contributed by atoms with Crippen LogP contribution in [0.5, 0.6) is 0 Å². The third-order valence-corrected chi connectivity index (χ3v) is 6.24. The van der Waals surface area contributed by atoms with Crippen molar-refractivity contribution in [3.63, 3.8) is 0 Å². The monoisotopic (exact) mass is 473 g/mol. The average Bonchev–Trinajstić information content (AvgIpc) is 3.28. The predicted molar refractivity (Wildman–Crippen MR) is 131 cm³/mol. The number of nitro groups is 1. The lowest BCUT2D eigenvalue weighted by Crippen LogP contribution is -2.28. The molecule has 0 saturated carbocycles. The summed E-state index contributed by atoms with van der Waals surface area (Å²) in [5.74, 6) is 0.991. The van der Waals surface area contributed by atoms with E-state index in [1.807, 2.05) is 60.9 Å². The Morgan fingerprint density at radius 1 is 1.03 bits per heavy atom. The first-order valence-electron chi connectivity index (χ1n) is 10.7. The van der Waals surface area contributed by atoms with Gasteiger partial charge in [0.1, 0.15) is 0 Å². The minimum absolute atomic E-state index is 0.00224. The van der Waals surface area contributed by atoms with E-state index in [0.717, 1.165) is 11.1 Å². The van der Waals surface area contributed by atoms with E-state index in [-0.39, 0.29) is 11.6 Å². The van der Waals surface area contributed by atoms with Crippen molar-refractivity contribution >= 4 is 23.4 Å². The Labute approximate surface area is 201 Å². The number of aryl methyl sites for hydroxylation is 1. The van der Waals surface area contributed by atoms with Gasteiger partial charge in [0.25, 0.3) is 11.6 Å². The lowest BCUT2D eigenvalue weighted by Gasteiger charge is -2.16. The Morgan fingerprint density at radius 2 is 1.71 bits per heavy atom. The highest BCUT2D eigenvalue weighted by molar-refractivity contribution is 7.98. The summed E-state index contributed by atoms with van der Waals surface area (Å²) >= 11 is 1.50. The summed E-state index contributed by atoms with van der Waals surface area (Å²) in [5.41, 5.74) is 3.43. The first-order chi connectivity index (χ1) is 16.4. The highest BCUT2D eigenvalue weighted by Gasteiger charge is 2.22. The van der Waals surface area contributed by atoms with Crippen LogP contribution in [0.1, 0.15) is 40.3 Å². The molecule has 0 radical (unpaired) electrons. The highest BCUT2D eigenvalue weighted by atomic mass is 32.2. The minimum Gasteiger partial charge on any atom is -0.342 e. The molecule has 0 aliphatic rings. The van der Waals surface area contributed by atoms with Gasteiger partial charge >= 0.3 is 0 Å². The summed E-state index contributed by atoms with van der Waals surface area (Å²) in [6.07, 6.45) is 0. The van der Waals surface area contributed by atoms with Crippen molar-refractivity contribution in [2.75, 3.05) is 0 Å². The Balaban J connectivity index is 1.64. The molecule has 3 aromatic carbocycles. The van der Waals surface area contributed by atoms with Gasteiger partial charge in [0.15, 0.2) is 11.0 Å². The Bertz CT molecular complexity index is 1290. The van der Waals surface area contributed by atoms with E-state index >= 15 is 0 Å². The van der Waals surface area contributed by atoms with E-state index in [1.165, 1.54) is 23.9 Å². The van der Waals surface area contributed by atoms with Gasteiger partial charge in [-0.2, -0.15) is 0 Å². The maximum Gasteiger partial charge on any atom is 0.269 e. The quantitative estimate of drug-likeness (QED) is 0.212. The molecule has 4 rings (SSSR count). The number of benzene rings is 3. The Hall–Kier alpha value is -3.98.